The van der Waals surface area contributed by atoms with Gasteiger partial charge >= 0.3 is 0 Å². The summed E-state index contributed by atoms with van der Waals surface area (Å²) in [6.07, 6.45) is 0.897. The number of amides is 1. The van der Waals surface area contributed by atoms with Crippen LogP contribution in [0.5, 0.6) is 5.75 Å². The van der Waals surface area contributed by atoms with Crippen LogP contribution in [0.2, 0.25) is 0 Å². The van der Waals surface area contributed by atoms with Crippen molar-refractivity contribution in [1.82, 2.24) is 0 Å². The molecule has 0 saturated carbocycles. The highest BCUT2D eigenvalue weighted by atomic mass is 16.5. The number of ketones is 1. The molecule has 118 valence electrons. The number of carbonyl (C=O) groups excluding carboxylic acids is 2. The molecule has 0 unspecified atom stereocenters. The van der Waals surface area contributed by atoms with Crippen molar-refractivity contribution >= 4 is 23.1 Å². The van der Waals surface area contributed by atoms with Crippen molar-refractivity contribution in [1.29, 1.82) is 0 Å². The van der Waals surface area contributed by atoms with E-state index < -0.39 is 11.7 Å². The topological polar surface area (TPSA) is 75.6 Å². The minimum atomic E-state index is -0.833. The van der Waals surface area contributed by atoms with E-state index in [0.29, 0.717) is 23.6 Å². The minimum absolute atomic E-state index is 0.277. The Morgan fingerprint density at radius 3 is 2.35 bits per heavy atom. The van der Waals surface area contributed by atoms with Gasteiger partial charge in [-0.2, -0.15) is 0 Å². The molecule has 1 amide bonds. The molecule has 0 aliphatic rings. The lowest BCUT2D eigenvalue weighted by molar-refractivity contribution is -0.131. The molecule has 0 saturated heterocycles. The van der Waals surface area contributed by atoms with E-state index in [9.17, 15) is 14.7 Å². The summed E-state index contributed by atoms with van der Waals surface area (Å²) in [5.41, 5.74) is 0.939. The van der Waals surface area contributed by atoms with Crippen LogP contribution < -0.4 is 10.1 Å². The normalized spacial score (nSPS) is 10.9. The number of ether oxygens (including phenoxy) is 1. The Morgan fingerprint density at radius 2 is 1.74 bits per heavy atom. The maximum Gasteiger partial charge on any atom is 0.296 e. The predicted octanol–water partition coefficient (Wildman–Crippen LogP) is 3.19. The van der Waals surface area contributed by atoms with Gasteiger partial charge in [-0.15, -0.1) is 0 Å². The Kier molecular flexibility index (Phi) is 5.52. The number of nitrogens with one attached hydrogen (secondary N) is 1. The van der Waals surface area contributed by atoms with E-state index >= 15 is 0 Å². The molecule has 5 nitrogen and oxygen atoms in total. The number of benzene rings is 2. The van der Waals surface area contributed by atoms with Crippen molar-refractivity contribution in [2.24, 2.45) is 0 Å². The summed E-state index contributed by atoms with van der Waals surface area (Å²) in [5.74, 6) is -1.26. The molecule has 0 radical (unpaired) electrons. The standard InChI is InChI=1S/C18H17NO4/c1-2-23-15-10-8-13(9-11-15)16(20)12-17(21)18(22)19-14-6-4-3-5-7-14/h3-12,20H,2H2,1H3,(H,19,22)/b16-12-. The molecule has 2 aromatic carbocycles. The quantitative estimate of drug-likeness (QED) is 0.488. The molecule has 0 fully saturated rings. The number of hydrogen-bond acceptors (Lipinski definition) is 4. The van der Waals surface area contributed by atoms with Crippen molar-refractivity contribution in [2.75, 3.05) is 11.9 Å². The monoisotopic (exact) mass is 311 g/mol. The third-order valence-corrected chi connectivity index (χ3v) is 2.98. The van der Waals surface area contributed by atoms with Crippen molar-refractivity contribution in [3.8, 4) is 5.75 Å². The summed E-state index contributed by atoms with van der Waals surface area (Å²) in [6, 6.07) is 15.2. The Labute approximate surface area is 134 Å². The molecular formula is C18H17NO4. The number of rotatable bonds is 6. The van der Waals surface area contributed by atoms with Crippen molar-refractivity contribution in [3.63, 3.8) is 0 Å². The lowest BCUT2D eigenvalue weighted by Gasteiger charge is -2.05. The van der Waals surface area contributed by atoms with Gasteiger partial charge in [-0.1, -0.05) is 18.2 Å². The fraction of sp³-hybridized carbons (Fsp3) is 0.111. The third kappa shape index (κ3) is 4.71. The maximum atomic E-state index is 11.8. The van der Waals surface area contributed by atoms with E-state index in [2.05, 4.69) is 5.32 Å². The summed E-state index contributed by atoms with van der Waals surface area (Å²) in [6.45, 7) is 2.41. The van der Waals surface area contributed by atoms with Crippen LogP contribution in [-0.4, -0.2) is 23.4 Å². The van der Waals surface area contributed by atoms with Gasteiger partial charge < -0.3 is 15.2 Å². The van der Waals surface area contributed by atoms with Crippen molar-refractivity contribution < 1.29 is 19.4 Å². The molecule has 0 atom stereocenters. The second-order valence-corrected chi connectivity index (χ2v) is 4.67. The zero-order valence-corrected chi connectivity index (χ0v) is 12.7. The first-order chi connectivity index (χ1) is 11.1. The highest BCUT2D eigenvalue weighted by molar-refractivity contribution is 6.45. The van der Waals surface area contributed by atoms with E-state index in [0.717, 1.165) is 6.08 Å². The number of para-hydroxylation sites is 1. The van der Waals surface area contributed by atoms with Gasteiger partial charge in [-0.05, 0) is 43.3 Å². The first-order valence-corrected chi connectivity index (χ1v) is 7.14. The molecule has 0 aliphatic carbocycles. The fourth-order valence-corrected chi connectivity index (χ4v) is 1.88. The van der Waals surface area contributed by atoms with Gasteiger partial charge in [0.1, 0.15) is 11.5 Å². The number of anilines is 1. The zero-order valence-electron chi connectivity index (χ0n) is 12.7. The summed E-state index contributed by atoms with van der Waals surface area (Å²) < 4.78 is 5.29. The minimum Gasteiger partial charge on any atom is -0.507 e. The van der Waals surface area contributed by atoms with Gasteiger partial charge in [-0.25, -0.2) is 0 Å². The smallest absolute Gasteiger partial charge is 0.296 e. The van der Waals surface area contributed by atoms with Gasteiger partial charge in [0.05, 0.1) is 6.61 Å². The largest absolute Gasteiger partial charge is 0.507 e. The molecule has 0 aliphatic heterocycles. The van der Waals surface area contributed by atoms with Crippen molar-refractivity contribution in [3.05, 3.63) is 66.2 Å². The molecule has 0 aromatic heterocycles. The second kappa shape index (κ2) is 7.79. The summed E-state index contributed by atoms with van der Waals surface area (Å²) >= 11 is 0. The van der Waals surface area contributed by atoms with Gasteiger partial charge in [-0.3, -0.25) is 9.59 Å². The molecule has 0 heterocycles. The van der Waals surface area contributed by atoms with E-state index in [1.165, 1.54) is 0 Å². The SMILES string of the molecule is CCOc1ccc(/C(O)=C/C(=O)C(=O)Nc2ccccc2)cc1. The molecule has 2 aromatic rings. The predicted molar refractivity (Wildman–Crippen MR) is 88.3 cm³/mol. The van der Waals surface area contributed by atoms with Crippen LogP contribution in [0.3, 0.4) is 0 Å². The summed E-state index contributed by atoms with van der Waals surface area (Å²) in [4.78, 5) is 23.6. The van der Waals surface area contributed by atoms with Crippen LogP contribution in [0.4, 0.5) is 5.69 Å². The highest BCUT2D eigenvalue weighted by Gasteiger charge is 2.13. The van der Waals surface area contributed by atoms with Crippen LogP contribution in [0.1, 0.15) is 12.5 Å². The maximum absolute atomic E-state index is 11.8. The molecular weight excluding hydrogens is 294 g/mol. The first kappa shape index (κ1) is 16.3. The number of aliphatic hydroxyl groups excluding tert-OH is 1. The Morgan fingerprint density at radius 1 is 1.09 bits per heavy atom. The lowest BCUT2D eigenvalue weighted by atomic mass is 10.1. The van der Waals surface area contributed by atoms with Crippen LogP contribution in [0.25, 0.3) is 5.76 Å². The summed E-state index contributed by atoms with van der Waals surface area (Å²) in [5, 5.41) is 12.4. The van der Waals surface area contributed by atoms with E-state index in [1.807, 2.05) is 6.92 Å². The zero-order chi connectivity index (χ0) is 16.7. The molecule has 2 rings (SSSR count). The molecule has 23 heavy (non-hydrogen) atoms. The van der Waals surface area contributed by atoms with Gasteiger partial charge in [0.2, 0.25) is 5.78 Å². The molecule has 0 spiro atoms. The average molecular weight is 311 g/mol. The van der Waals surface area contributed by atoms with E-state index in [4.69, 9.17) is 4.74 Å². The van der Waals surface area contributed by atoms with E-state index in [-0.39, 0.29) is 5.76 Å². The van der Waals surface area contributed by atoms with Crippen molar-refractivity contribution in [2.45, 2.75) is 6.92 Å². The fourth-order valence-electron chi connectivity index (χ4n) is 1.88. The number of aliphatic hydroxyl groups is 1. The number of carbonyl (C=O) groups is 2. The first-order valence-electron chi connectivity index (χ1n) is 7.14. The van der Waals surface area contributed by atoms with Gasteiger partial charge in [0.15, 0.2) is 0 Å². The average Bonchev–Trinajstić information content (AvgIpc) is 2.56. The Hall–Kier alpha value is -3.08. The van der Waals surface area contributed by atoms with Crippen LogP contribution in [0, 0.1) is 0 Å². The highest BCUT2D eigenvalue weighted by Crippen LogP contribution is 2.17. The van der Waals surface area contributed by atoms with Crippen LogP contribution in [-0.2, 0) is 9.59 Å². The van der Waals surface area contributed by atoms with E-state index in [1.54, 1.807) is 54.6 Å². The van der Waals surface area contributed by atoms with Gasteiger partial charge in [0.25, 0.3) is 5.91 Å². The lowest BCUT2D eigenvalue weighted by Crippen LogP contribution is -2.21. The number of hydrogen-bond donors (Lipinski definition) is 2. The Bertz CT molecular complexity index is 706. The van der Waals surface area contributed by atoms with Crippen LogP contribution >= 0.6 is 0 Å². The second-order valence-electron chi connectivity index (χ2n) is 4.67. The molecule has 0 bridgehead atoms. The summed E-state index contributed by atoms with van der Waals surface area (Å²) in [7, 11) is 0. The van der Waals surface area contributed by atoms with Gasteiger partial charge in [0, 0.05) is 17.3 Å². The Balaban J connectivity index is 2.04. The molecule has 5 heteroatoms. The molecule has 2 N–H and O–H groups in total. The third-order valence-electron chi connectivity index (χ3n) is 2.98. The van der Waals surface area contributed by atoms with Crippen LogP contribution in [0.15, 0.2) is 60.7 Å².